The third-order valence-corrected chi connectivity index (χ3v) is 3.63. The van der Waals surface area contributed by atoms with E-state index in [0.29, 0.717) is 5.69 Å². The molecular weight excluding hydrogens is 300 g/mol. The minimum atomic E-state index is -0.460. The highest BCUT2D eigenvalue weighted by Gasteiger charge is 2.15. The number of ether oxygens (including phenoxy) is 1. The molecular formula is C14H18N6O3. The Morgan fingerprint density at radius 3 is 2.96 bits per heavy atom. The Bertz CT molecular complexity index is 668. The van der Waals surface area contributed by atoms with E-state index in [1.807, 2.05) is 10.9 Å². The molecule has 0 aromatic carbocycles. The Balaban J connectivity index is 1.60. The van der Waals surface area contributed by atoms with Gasteiger partial charge >= 0.3 is 5.69 Å². The number of nitro groups is 1. The van der Waals surface area contributed by atoms with Crippen molar-refractivity contribution >= 4 is 17.2 Å². The van der Waals surface area contributed by atoms with E-state index in [1.54, 1.807) is 6.20 Å². The smallest absolute Gasteiger partial charge is 0.311 e. The normalized spacial score (nSPS) is 15.5. The molecule has 0 radical (unpaired) electrons. The maximum absolute atomic E-state index is 11.0. The minimum absolute atomic E-state index is 0.0615. The summed E-state index contributed by atoms with van der Waals surface area (Å²) in [7, 11) is 0. The van der Waals surface area contributed by atoms with Gasteiger partial charge in [-0.2, -0.15) is 5.10 Å². The van der Waals surface area contributed by atoms with Crippen LogP contribution >= 0.6 is 0 Å². The first-order valence-electron chi connectivity index (χ1n) is 7.41. The molecule has 0 spiro atoms. The van der Waals surface area contributed by atoms with Gasteiger partial charge in [-0.3, -0.25) is 19.7 Å². The molecule has 1 aliphatic rings. The lowest BCUT2D eigenvalue weighted by atomic mass is 10.4. The highest BCUT2D eigenvalue weighted by molar-refractivity contribution is 5.64. The summed E-state index contributed by atoms with van der Waals surface area (Å²) < 4.78 is 7.13. The van der Waals surface area contributed by atoms with E-state index in [2.05, 4.69) is 20.3 Å². The summed E-state index contributed by atoms with van der Waals surface area (Å²) in [6, 6.07) is 2.95. The van der Waals surface area contributed by atoms with Crippen molar-refractivity contribution in [3.63, 3.8) is 0 Å². The molecule has 0 unspecified atom stereocenters. The minimum Gasteiger partial charge on any atom is -0.379 e. The van der Waals surface area contributed by atoms with Crippen LogP contribution in [0.1, 0.15) is 0 Å². The number of pyridine rings is 1. The first kappa shape index (κ1) is 15.4. The van der Waals surface area contributed by atoms with E-state index in [-0.39, 0.29) is 11.5 Å². The standard InChI is InChI=1S/C14H18N6O3/c21-20(22)13-2-1-3-15-14(13)17-12-10-16-19(11-12)5-4-18-6-8-23-9-7-18/h1-3,10-11H,4-9H2,(H,15,17). The van der Waals surface area contributed by atoms with Crippen LogP contribution in [0.5, 0.6) is 0 Å². The van der Waals surface area contributed by atoms with Crippen molar-refractivity contribution in [1.29, 1.82) is 0 Å². The number of rotatable bonds is 6. The molecule has 3 rings (SSSR count). The van der Waals surface area contributed by atoms with Crippen LogP contribution in [0, 0.1) is 10.1 Å². The van der Waals surface area contributed by atoms with Crippen LogP contribution in [0.4, 0.5) is 17.2 Å². The monoisotopic (exact) mass is 318 g/mol. The predicted octanol–water partition coefficient (Wildman–Crippen LogP) is 1.26. The molecule has 0 saturated carbocycles. The summed E-state index contributed by atoms with van der Waals surface area (Å²) >= 11 is 0. The third-order valence-electron chi connectivity index (χ3n) is 3.63. The van der Waals surface area contributed by atoms with Crippen molar-refractivity contribution in [3.05, 3.63) is 40.8 Å². The zero-order chi connectivity index (χ0) is 16.1. The van der Waals surface area contributed by atoms with Crippen molar-refractivity contribution in [3.8, 4) is 0 Å². The summed E-state index contributed by atoms with van der Waals surface area (Å²) in [5.41, 5.74) is 0.613. The number of nitrogens with zero attached hydrogens (tertiary/aromatic N) is 5. The highest BCUT2D eigenvalue weighted by atomic mass is 16.6. The average Bonchev–Trinajstić information content (AvgIpc) is 3.02. The van der Waals surface area contributed by atoms with E-state index in [4.69, 9.17) is 4.74 Å². The number of nitrogens with one attached hydrogen (secondary N) is 1. The van der Waals surface area contributed by atoms with Gasteiger partial charge in [0.2, 0.25) is 5.82 Å². The fraction of sp³-hybridized carbons (Fsp3) is 0.429. The van der Waals surface area contributed by atoms with Gasteiger partial charge in [0, 0.05) is 38.1 Å². The Labute approximate surface area is 133 Å². The van der Waals surface area contributed by atoms with Crippen molar-refractivity contribution in [2.75, 3.05) is 38.2 Å². The SMILES string of the molecule is O=[N+]([O-])c1cccnc1Nc1cnn(CCN2CCOCC2)c1. The molecule has 1 saturated heterocycles. The van der Waals surface area contributed by atoms with Gasteiger partial charge in [-0.15, -0.1) is 0 Å². The van der Waals surface area contributed by atoms with Crippen LogP contribution in [0.15, 0.2) is 30.7 Å². The lowest BCUT2D eigenvalue weighted by Crippen LogP contribution is -2.38. The maximum Gasteiger partial charge on any atom is 0.311 e. The van der Waals surface area contributed by atoms with Gasteiger partial charge in [0.05, 0.1) is 36.6 Å². The van der Waals surface area contributed by atoms with Crippen molar-refractivity contribution in [2.24, 2.45) is 0 Å². The molecule has 3 heterocycles. The Morgan fingerprint density at radius 2 is 2.17 bits per heavy atom. The van der Waals surface area contributed by atoms with E-state index in [1.165, 1.54) is 18.3 Å². The molecule has 1 N–H and O–H groups in total. The van der Waals surface area contributed by atoms with Crippen LogP contribution in [-0.4, -0.2) is 57.4 Å². The third kappa shape index (κ3) is 4.02. The van der Waals surface area contributed by atoms with E-state index >= 15 is 0 Å². The van der Waals surface area contributed by atoms with Crippen molar-refractivity contribution < 1.29 is 9.66 Å². The van der Waals surface area contributed by atoms with Crippen LogP contribution in [0.2, 0.25) is 0 Å². The largest absolute Gasteiger partial charge is 0.379 e. The van der Waals surface area contributed by atoms with Crippen LogP contribution in [-0.2, 0) is 11.3 Å². The zero-order valence-electron chi connectivity index (χ0n) is 12.6. The molecule has 0 bridgehead atoms. The second kappa shape index (κ2) is 7.16. The average molecular weight is 318 g/mol. The Kier molecular flexibility index (Phi) is 4.79. The second-order valence-electron chi connectivity index (χ2n) is 5.20. The molecule has 0 aliphatic carbocycles. The fourth-order valence-corrected chi connectivity index (χ4v) is 2.40. The molecule has 1 aliphatic heterocycles. The first-order chi connectivity index (χ1) is 11.2. The molecule has 2 aromatic rings. The summed E-state index contributed by atoms with van der Waals surface area (Å²) in [5, 5.41) is 18.2. The van der Waals surface area contributed by atoms with E-state index < -0.39 is 4.92 Å². The Morgan fingerprint density at radius 1 is 1.35 bits per heavy atom. The Hall–Kier alpha value is -2.52. The van der Waals surface area contributed by atoms with E-state index in [0.717, 1.165) is 39.4 Å². The van der Waals surface area contributed by atoms with Gasteiger partial charge < -0.3 is 10.1 Å². The van der Waals surface area contributed by atoms with Gasteiger partial charge in [-0.05, 0) is 6.07 Å². The van der Waals surface area contributed by atoms with Gasteiger partial charge in [-0.1, -0.05) is 0 Å². The van der Waals surface area contributed by atoms with Gasteiger partial charge in [0.1, 0.15) is 0 Å². The summed E-state index contributed by atoms with van der Waals surface area (Å²) in [6.07, 6.45) is 4.97. The van der Waals surface area contributed by atoms with Crippen molar-refractivity contribution in [2.45, 2.75) is 6.54 Å². The summed E-state index contributed by atoms with van der Waals surface area (Å²) in [6.45, 7) is 5.07. The summed E-state index contributed by atoms with van der Waals surface area (Å²) in [5.74, 6) is 0.213. The predicted molar refractivity (Wildman–Crippen MR) is 83.7 cm³/mol. The molecule has 9 heteroatoms. The van der Waals surface area contributed by atoms with E-state index in [9.17, 15) is 10.1 Å². The number of aromatic nitrogens is 3. The molecule has 2 aromatic heterocycles. The second-order valence-corrected chi connectivity index (χ2v) is 5.20. The number of hydrogen-bond donors (Lipinski definition) is 1. The number of anilines is 2. The highest BCUT2D eigenvalue weighted by Crippen LogP contribution is 2.24. The lowest BCUT2D eigenvalue weighted by Gasteiger charge is -2.26. The van der Waals surface area contributed by atoms with Gasteiger partial charge in [0.25, 0.3) is 0 Å². The van der Waals surface area contributed by atoms with Crippen LogP contribution in [0.25, 0.3) is 0 Å². The van der Waals surface area contributed by atoms with Crippen LogP contribution in [0.3, 0.4) is 0 Å². The molecule has 0 atom stereocenters. The quantitative estimate of drug-likeness (QED) is 0.632. The molecule has 1 fully saturated rings. The molecule has 9 nitrogen and oxygen atoms in total. The topological polar surface area (TPSA) is 98.3 Å². The van der Waals surface area contributed by atoms with Crippen molar-refractivity contribution in [1.82, 2.24) is 19.7 Å². The fourth-order valence-electron chi connectivity index (χ4n) is 2.40. The summed E-state index contributed by atoms with van der Waals surface area (Å²) in [4.78, 5) is 16.9. The molecule has 122 valence electrons. The molecule has 23 heavy (non-hydrogen) atoms. The first-order valence-corrected chi connectivity index (χ1v) is 7.41. The number of morpholine rings is 1. The molecule has 0 amide bonds. The van der Waals surface area contributed by atoms with Gasteiger partial charge in [-0.25, -0.2) is 4.98 Å². The maximum atomic E-state index is 11.0. The van der Waals surface area contributed by atoms with Crippen LogP contribution < -0.4 is 5.32 Å². The zero-order valence-corrected chi connectivity index (χ0v) is 12.6. The van der Waals surface area contributed by atoms with Gasteiger partial charge in [0.15, 0.2) is 0 Å². The number of hydrogen-bond acceptors (Lipinski definition) is 7. The lowest BCUT2D eigenvalue weighted by molar-refractivity contribution is -0.384.